The Balaban J connectivity index is 1.60. The molecule has 0 spiro atoms. The molecule has 2 aliphatic rings. The molecule has 2 rings (SSSR count). The Bertz CT molecular complexity index is 155. The summed E-state index contributed by atoms with van der Waals surface area (Å²) in [7, 11) is 0. The Hall–Kier alpha value is 0. The van der Waals surface area contributed by atoms with Crippen LogP contribution in [0.2, 0.25) is 0 Å². The molecule has 2 unspecified atom stereocenters. The number of rotatable bonds is 0. The molecule has 0 amide bonds. The van der Waals surface area contributed by atoms with Crippen LogP contribution in [0.15, 0.2) is 0 Å². The van der Waals surface area contributed by atoms with Gasteiger partial charge in [0.25, 0.3) is 0 Å². The molecular formula is C16H30. The second-order valence-corrected chi connectivity index (χ2v) is 6.22. The minimum Gasteiger partial charge on any atom is -0.0533 e. The lowest BCUT2D eigenvalue weighted by Gasteiger charge is -2.01. The molecule has 0 bridgehead atoms. The van der Waals surface area contributed by atoms with Gasteiger partial charge in [-0.05, 0) is 18.3 Å². The van der Waals surface area contributed by atoms with E-state index in [2.05, 4.69) is 0 Å². The van der Waals surface area contributed by atoms with E-state index in [-0.39, 0.29) is 0 Å². The fourth-order valence-electron chi connectivity index (χ4n) is 3.42. The number of hydrogen-bond acceptors (Lipinski definition) is 0. The first-order chi connectivity index (χ1) is 7.97. The summed E-state index contributed by atoms with van der Waals surface area (Å²) >= 11 is 0. The third-order valence-electron chi connectivity index (χ3n) is 4.72. The van der Waals surface area contributed by atoms with Crippen LogP contribution in [0.5, 0.6) is 0 Å². The zero-order valence-corrected chi connectivity index (χ0v) is 11.1. The average molecular weight is 222 g/mol. The summed E-state index contributed by atoms with van der Waals surface area (Å²) < 4.78 is 0. The van der Waals surface area contributed by atoms with Crippen molar-refractivity contribution in [3.05, 3.63) is 0 Å². The van der Waals surface area contributed by atoms with E-state index in [9.17, 15) is 0 Å². The highest BCUT2D eigenvalue weighted by atomic mass is 14.4. The number of hydrogen-bond donors (Lipinski definition) is 0. The lowest BCUT2D eigenvalue weighted by atomic mass is 10.1. The lowest BCUT2D eigenvalue weighted by Crippen LogP contribution is -1.86. The largest absolute Gasteiger partial charge is 0.0533 e. The zero-order valence-electron chi connectivity index (χ0n) is 11.1. The minimum atomic E-state index is 1.16. The summed E-state index contributed by atoms with van der Waals surface area (Å²) in [6.45, 7) is 0. The molecule has 0 heteroatoms. The summed E-state index contributed by atoms with van der Waals surface area (Å²) in [4.78, 5) is 0. The van der Waals surface area contributed by atoms with E-state index < -0.39 is 0 Å². The van der Waals surface area contributed by atoms with Gasteiger partial charge in [-0.15, -0.1) is 0 Å². The van der Waals surface area contributed by atoms with Crippen LogP contribution in [0.4, 0.5) is 0 Å². The maximum absolute atomic E-state index is 1.58. The van der Waals surface area contributed by atoms with Gasteiger partial charge < -0.3 is 0 Å². The molecule has 2 atom stereocenters. The fourth-order valence-corrected chi connectivity index (χ4v) is 3.42. The van der Waals surface area contributed by atoms with E-state index in [0.29, 0.717) is 0 Å². The minimum absolute atomic E-state index is 1.16. The first-order valence-electron chi connectivity index (χ1n) is 7.97. The zero-order chi connectivity index (χ0) is 11.1. The van der Waals surface area contributed by atoms with Crippen LogP contribution in [0, 0.1) is 11.8 Å². The van der Waals surface area contributed by atoms with Crippen molar-refractivity contribution in [3.63, 3.8) is 0 Å². The first kappa shape index (κ1) is 12.5. The van der Waals surface area contributed by atoms with Crippen LogP contribution in [0.25, 0.3) is 0 Å². The fraction of sp³-hybridized carbons (Fsp3) is 1.00. The maximum Gasteiger partial charge on any atom is -0.0383 e. The second kappa shape index (κ2) is 7.35. The summed E-state index contributed by atoms with van der Waals surface area (Å²) in [6, 6.07) is 0. The molecule has 16 heavy (non-hydrogen) atoms. The molecule has 94 valence electrons. The van der Waals surface area contributed by atoms with Gasteiger partial charge in [0.2, 0.25) is 0 Å². The van der Waals surface area contributed by atoms with E-state index in [1.54, 1.807) is 19.3 Å². The Morgan fingerprint density at radius 2 is 0.688 bits per heavy atom. The Morgan fingerprint density at radius 3 is 1.06 bits per heavy atom. The molecule has 0 N–H and O–H groups in total. The van der Waals surface area contributed by atoms with E-state index in [1.165, 1.54) is 70.6 Å². The van der Waals surface area contributed by atoms with E-state index >= 15 is 0 Å². The molecule has 0 radical (unpaired) electrons. The molecular weight excluding hydrogens is 192 g/mol. The van der Waals surface area contributed by atoms with Gasteiger partial charge >= 0.3 is 0 Å². The molecule has 2 fully saturated rings. The molecule has 2 saturated carbocycles. The van der Waals surface area contributed by atoms with Gasteiger partial charge in [0.1, 0.15) is 0 Å². The molecule has 0 heterocycles. The molecule has 0 aliphatic heterocycles. The molecule has 2 aliphatic carbocycles. The van der Waals surface area contributed by atoms with Crippen molar-refractivity contribution in [1.82, 2.24) is 0 Å². The van der Waals surface area contributed by atoms with Crippen molar-refractivity contribution >= 4 is 0 Å². The smallest absolute Gasteiger partial charge is 0.0383 e. The van der Waals surface area contributed by atoms with Crippen LogP contribution in [-0.2, 0) is 0 Å². The van der Waals surface area contributed by atoms with Crippen LogP contribution < -0.4 is 0 Å². The van der Waals surface area contributed by atoms with Gasteiger partial charge in [0.05, 0.1) is 0 Å². The van der Waals surface area contributed by atoms with E-state index in [1.807, 2.05) is 0 Å². The van der Waals surface area contributed by atoms with Gasteiger partial charge in [0, 0.05) is 0 Å². The predicted molar refractivity (Wildman–Crippen MR) is 71.6 cm³/mol. The van der Waals surface area contributed by atoms with Crippen molar-refractivity contribution in [3.8, 4) is 0 Å². The molecule has 0 nitrogen and oxygen atoms in total. The molecule has 0 aromatic carbocycles. The van der Waals surface area contributed by atoms with Crippen molar-refractivity contribution in [2.45, 2.75) is 89.9 Å². The lowest BCUT2D eigenvalue weighted by molar-refractivity contribution is 0.528. The van der Waals surface area contributed by atoms with Crippen LogP contribution >= 0.6 is 0 Å². The maximum atomic E-state index is 1.58. The van der Waals surface area contributed by atoms with Crippen LogP contribution in [0.1, 0.15) is 89.9 Å². The van der Waals surface area contributed by atoms with Crippen LogP contribution in [0.3, 0.4) is 0 Å². The molecule has 0 aromatic rings. The van der Waals surface area contributed by atoms with Gasteiger partial charge in [-0.25, -0.2) is 0 Å². The van der Waals surface area contributed by atoms with Crippen LogP contribution in [-0.4, -0.2) is 0 Å². The second-order valence-electron chi connectivity index (χ2n) is 6.22. The van der Waals surface area contributed by atoms with Gasteiger partial charge in [-0.2, -0.15) is 0 Å². The van der Waals surface area contributed by atoms with Crippen molar-refractivity contribution in [2.75, 3.05) is 0 Å². The standard InChI is InChI=1S/C16H30/c1-2-4-6-8-10-12-15-14-16(15)13-11-9-7-5-3-1/h15-16H,1-14H2. The van der Waals surface area contributed by atoms with Crippen molar-refractivity contribution in [2.24, 2.45) is 11.8 Å². The highest BCUT2D eigenvalue weighted by Crippen LogP contribution is 2.45. The first-order valence-corrected chi connectivity index (χ1v) is 7.97. The quantitative estimate of drug-likeness (QED) is 0.492. The highest BCUT2D eigenvalue weighted by Gasteiger charge is 2.34. The van der Waals surface area contributed by atoms with E-state index in [0.717, 1.165) is 11.8 Å². The van der Waals surface area contributed by atoms with Gasteiger partial charge in [0.15, 0.2) is 0 Å². The normalized spacial score (nSPS) is 34.5. The summed E-state index contributed by atoms with van der Waals surface area (Å²) in [5.74, 6) is 2.32. The third-order valence-corrected chi connectivity index (χ3v) is 4.72. The summed E-state index contributed by atoms with van der Waals surface area (Å²) in [5.41, 5.74) is 0. The van der Waals surface area contributed by atoms with E-state index in [4.69, 9.17) is 0 Å². The topological polar surface area (TPSA) is 0 Å². The average Bonchev–Trinajstić information content (AvgIpc) is 3.02. The molecule has 0 aromatic heterocycles. The summed E-state index contributed by atoms with van der Waals surface area (Å²) in [6.07, 6.45) is 21.4. The van der Waals surface area contributed by atoms with Gasteiger partial charge in [-0.3, -0.25) is 0 Å². The monoisotopic (exact) mass is 222 g/mol. The Kier molecular flexibility index (Phi) is 5.72. The molecule has 0 saturated heterocycles. The third kappa shape index (κ3) is 4.89. The Labute approximate surface area is 102 Å². The highest BCUT2D eigenvalue weighted by molar-refractivity contribution is 4.85. The number of fused-ring (bicyclic) bond motifs is 1. The SMILES string of the molecule is C1CCCCCCC2CC2CCCCCC1. The Morgan fingerprint density at radius 1 is 0.375 bits per heavy atom. The van der Waals surface area contributed by atoms with Crippen molar-refractivity contribution in [1.29, 1.82) is 0 Å². The van der Waals surface area contributed by atoms with Gasteiger partial charge in [-0.1, -0.05) is 83.5 Å². The summed E-state index contributed by atoms with van der Waals surface area (Å²) in [5, 5.41) is 0. The predicted octanol–water partition coefficient (Wildman–Crippen LogP) is 5.71. The van der Waals surface area contributed by atoms with Crippen molar-refractivity contribution < 1.29 is 0 Å².